The van der Waals surface area contributed by atoms with Crippen LogP contribution in [0.15, 0.2) is 0 Å². The van der Waals surface area contributed by atoms with E-state index in [0.29, 0.717) is 0 Å². The Labute approximate surface area is 124 Å². The van der Waals surface area contributed by atoms with E-state index in [1.807, 2.05) is 0 Å². The van der Waals surface area contributed by atoms with Crippen LogP contribution in [-0.4, -0.2) is 36.1 Å². The molecule has 0 aliphatic heterocycles. The van der Waals surface area contributed by atoms with Gasteiger partial charge in [-0.15, -0.1) is 0 Å². The van der Waals surface area contributed by atoms with Gasteiger partial charge in [0.15, 0.2) is 5.44 Å². The standard InChI is InChI=1S/C9H16O6S.Na.H/c1-4-15-7(10)5-6(9(5,2)3)8(11)16(12,13)14;;/h5-6,8,11H,4H2,1-3H3,(H,12,13,14);;/q;+1;-1. The van der Waals surface area contributed by atoms with Gasteiger partial charge in [-0.25, -0.2) is 0 Å². The monoisotopic (exact) mass is 276 g/mol. The Balaban J connectivity index is 0. The van der Waals surface area contributed by atoms with Gasteiger partial charge in [-0.3, -0.25) is 9.35 Å². The maximum absolute atomic E-state index is 11.5. The van der Waals surface area contributed by atoms with Crippen LogP contribution in [0.5, 0.6) is 0 Å². The Morgan fingerprint density at radius 3 is 2.35 bits per heavy atom. The summed E-state index contributed by atoms with van der Waals surface area (Å²) in [6.45, 7) is 5.13. The van der Waals surface area contributed by atoms with Crippen molar-refractivity contribution in [1.82, 2.24) is 0 Å². The molecule has 0 amide bonds. The molecule has 8 heteroatoms. The first kappa shape index (κ1) is 17.3. The van der Waals surface area contributed by atoms with Crippen LogP contribution >= 0.6 is 0 Å². The summed E-state index contributed by atoms with van der Waals surface area (Å²) in [5.74, 6) is -2.05. The molecule has 1 aliphatic carbocycles. The zero-order valence-corrected chi connectivity index (χ0v) is 13.2. The molecule has 3 atom stereocenters. The van der Waals surface area contributed by atoms with Crippen molar-refractivity contribution in [3.05, 3.63) is 0 Å². The van der Waals surface area contributed by atoms with E-state index in [0.717, 1.165) is 0 Å². The molecule has 1 aliphatic rings. The minimum Gasteiger partial charge on any atom is -1.00 e. The van der Waals surface area contributed by atoms with E-state index in [9.17, 15) is 18.3 Å². The average molecular weight is 276 g/mol. The van der Waals surface area contributed by atoms with Gasteiger partial charge in [-0.2, -0.15) is 8.42 Å². The molecular weight excluding hydrogens is 259 g/mol. The molecule has 1 saturated carbocycles. The van der Waals surface area contributed by atoms with Crippen LogP contribution in [0.2, 0.25) is 0 Å². The second-order valence-electron chi connectivity index (χ2n) is 4.48. The number of aliphatic hydroxyl groups excluding tert-OH is 1. The first-order chi connectivity index (χ1) is 7.14. The van der Waals surface area contributed by atoms with Gasteiger partial charge in [-0.1, -0.05) is 13.8 Å². The van der Waals surface area contributed by atoms with Crippen LogP contribution in [0.25, 0.3) is 0 Å². The molecule has 0 bridgehead atoms. The molecule has 0 aromatic heterocycles. The topological polar surface area (TPSA) is 101 Å². The second kappa shape index (κ2) is 5.54. The van der Waals surface area contributed by atoms with Gasteiger partial charge < -0.3 is 11.3 Å². The number of rotatable bonds is 4. The first-order valence-corrected chi connectivity index (χ1v) is 6.45. The Hall–Kier alpha value is 0.340. The number of hydrogen-bond acceptors (Lipinski definition) is 5. The summed E-state index contributed by atoms with van der Waals surface area (Å²) in [5.41, 5.74) is -2.61. The molecule has 17 heavy (non-hydrogen) atoms. The Bertz CT molecular complexity index is 396. The number of carbonyl (C=O) groups is 1. The number of hydrogen-bond donors (Lipinski definition) is 2. The maximum Gasteiger partial charge on any atom is 1.00 e. The molecule has 1 rings (SSSR count). The van der Waals surface area contributed by atoms with E-state index in [2.05, 4.69) is 0 Å². The molecule has 0 spiro atoms. The van der Waals surface area contributed by atoms with Crippen molar-refractivity contribution in [3.8, 4) is 0 Å². The van der Waals surface area contributed by atoms with Crippen molar-refractivity contribution in [3.63, 3.8) is 0 Å². The fraction of sp³-hybridized carbons (Fsp3) is 0.889. The van der Waals surface area contributed by atoms with Crippen LogP contribution in [0, 0.1) is 17.3 Å². The molecule has 96 valence electrons. The Morgan fingerprint density at radius 1 is 1.53 bits per heavy atom. The van der Waals surface area contributed by atoms with Crippen molar-refractivity contribution in [2.24, 2.45) is 17.3 Å². The molecule has 1 fully saturated rings. The van der Waals surface area contributed by atoms with E-state index < -0.39 is 38.8 Å². The number of aliphatic hydroxyl groups is 1. The smallest absolute Gasteiger partial charge is 1.00 e. The van der Waals surface area contributed by atoms with Crippen LogP contribution in [0.1, 0.15) is 22.2 Å². The SMILES string of the molecule is CCOC(=O)C1C(C(O)S(=O)(=O)O)C1(C)C.[H-].[Na+]. The molecule has 0 saturated heterocycles. The van der Waals surface area contributed by atoms with Crippen LogP contribution in [-0.2, 0) is 19.6 Å². The van der Waals surface area contributed by atoms with Gasteiger partial charge >= 0.3 is 35.5 Å². The molecule has 0 heterocycles. The number of carbonyl (C=O) groups excluding carboxylic acids is 1. The fourth-order valence-electron chi connectivity index (χ4n) is 2.08. The van der Waals surface area contributed by atoms with Gasteiger partial charge in [-0.05, 0) is 12.3 Å². The van der Waals surface area contributed by atoms with Crippen molar-refractivity contribution < 1.29 is 58.6 Å². The maximum atomic E-state index is 11.5. The summed E-state index contributed by atoms with van der Waals surface area (Å²) >= 11 is 0. The van der Waals surface area contributed by atoms with Crippen molar-refractivity contribution in [1.29, 1.82) is 0 Å². The predicted octanol–water partition coefficient (Wildman–Crippen LogP) is -2.86. The third-order valence-corrected chi connectivity index (χ3v) is 3.97. The van der Waals surface area contributed by atoms with Crippen LogP contribution < -0.4 is 29.6 Å². The van der Waals surface area contributed by atoms with E-state index in [-0.39, 0.29) is 37.6 Å². The third-order valence-electron chi connectivity index (χ3n) is 3.06. The molecule has 3 unspecified atom stereocenters. The van der Waals surface area contributed by atoms with E-state index >= 15 is 0 Å². The molecule has 0 aromatic rings. The molecule has 0 radical (unpaired) electrons. The summed E-state index contributed by atoms with van der Waals surface area (Å²) in [5, 5.41) is 9.40. The summed E-state index contributed by atoms with van der Waals surface area (Å²) in [7, 11) is -4.54. The Morgan fingerprint density at radius 2 is 2.00 bits per heavy atom. The average Bonchev–Trinajstić information content (AvgIpc) is 2.66. The van der Waals surface area contributed by atoms with Crippen molar-refractivity contribution >= 4 is 16.1 Å². The summed E-state index contributed by atoms with van der Waals surface area (Å²) < 4.78 is 35.1. The fourth-order valence-corrected chi connectivity index (χ4v) is 2.96. The van der Waals surface area contributed by atoms with Crippen molar-refractivity contribution in [2.75, 3.05) is 6.61 Å². The van der Waals surface area contributed by atoms with Crippen LogP contribution in [0.4, 0.5) is 0 Å². The van der Waals surface area contributed by atoms with Gasteiger partial charge in [0.1, 0.15) is 0 Å². The van der Waals surface area contributed by atoms with Crippen molar-refractivity contribution in [2.45, 2.75) is 26.2 Å². The Kier molecular flexibility index (Phi) is 5.65. The van der Waals surface area contributed by atoms with Crippen LogP contribution in [0.3, 0.4) is 0 Å². The van der Waals surface area contributed by atoms with Gasteiger partial charge in [0.25, 0.3) is 10.1 Å². The normalized spacial score (nSPS) is 27.8. The molecular formula is C9H17NaO6S. The first-order valence-electron chi connectivity index (χ1n) is 4.95. The van der Waals surface area contributed by atoms with Gasteiger partial charge in [0.05, 0.1) is 12.5 Å². The van der Waals surface area contributed by atoms with Gasteiger partial charge in [0.2, 0.25) is 0 Å². The zero-order valence-electron chi connectivity index (χ0n) is 11.4. The van der Waals surface area contributed by atoms with E-state index in [1.54, 1.807) is 20.8 Å². The summed E-state index contributed by atoms with van der Waals surface area (Å²) in [4.78, 5) is 11.5. The predicted molar refractivity (Wildman–Crippen MR) is 56.1 cm³/mol. The second-order valence-corrected chi connectivity index (χ2v) is 6.00. The number of ether oxygens (including phenoxy) is 1. The minimum absolute atomic E-state index is 0. The minimum atomic E-state index is -4.54. The quantitative estimate of drug-likeness (QED) is 0.325. The molecule has 6 nitrogen and oxygen atoms in total. The summed E-state index contributed by atoms with van der Waals surface area (Å²) in [6, 6.07) is 0. The van der Waals surface area contributed by atoms with E-state index in [1.165, 1.54) is 0 Å². The largest absolute Gasteiger partial charge is 1.00 e. The van der Waals surface area contributed by atoms with Gasteiger partial charge in [0, 0.05) is 5.92 Å². The third kappa shape index (κ3) is 3.42. The zero-order chi connectivity index (χ0) is 12.7. The number of esters is 1. The summed E-state index contributed by atoms with van der Waals surface area (Å²) in [6.07, 6.45) is 0. The molecule has 0 aromatic carbocycles. The van der Waals surface area contributed by atoms with E-state index in [4.69, 9.17) is 9.29 Å². The molecule has 2 N–H and O–H groups in total.